The number of benzene rings is 2. The molecule has 1 aliphatic carbocycles. The number of carbonyl (C=O) groups is 2. The van der Waals surface area contributed by atoms with Gasteiger partial charge < -0.3 is 9.47 Å². The third kappa shape index (κ3) is 3.18. The van der Waals surface area contributed by atoms with Crippen molar-refractivity contribution in [3.05, 3.63) is 83.0 Å². The van der Waals surface area contributed by atoms with E-state index in [0.29, 0.717) is 22.6 Å². The standard InChI is InChI=1S/C22H20O4/c1-13(2)11-25-17-9-10-18(26-12-14(3)4)20-19(17)21(23)15-7-5-6-8-16(15)22(20)24/h5-10H,1,3,11-12H2,2,4H3. The van der Waals surface area contributed by atoms with Crippen LogP contribution in [0, 0.1) is 0 Å². The summed E-state index contributed by atoms with van der Waals surface area (Å²) in [6.07, 6.45) is 0. The molecular weight excluding hydrogens is 328 g/mol. The van der Waals surface area contributed by atoms with E-state index in [4.69, 9.17) is 9.47 Å². The SMILES string of the molecule is C=C(C)COc1ccc(OCC(=C)C)c2c1C(=O)c1ccccc1C2=O. The van der Waals surface area contributed by atoms with Crippen molar-refractivity contribution in [2.75, 3.05) is 13.2 Å². The maximum absolute atomic E-state index is 13.1. The molecule has 3 rings (SSSR count). The molecule has 0 atom stereocenters. The van der Waals surface area contributed by atoms with Crippen LogP contribution in [-0.4, -0.2) is 24.8 Å². The zero-order valence-electron chi connectivity index (χ0n) is 14.9. The number of ketones is 2. The fraction of sp³-hybridized carbons (Fsp3) is 0.182. The largest absolute Gasteiger partial charge is 0.488 e. The van der Waals surface area contributed by atoms with Crippen LogP contribution in [0.2, 0.25) is 0 Å². The Balaban J connectivity index is 2.16. The highest BCUT2D eigenvalue weighted by Gasteiger charge is 2.35. The summed E-state index contributed by atoms with van der Waals surface area (Å²) in [7, 11) is 0. The minimum Gasteiger partial charge on any atom is -0.488 e. The van der Waals surface area contributed by atoms with E-state index in [9.17, 15) is 9.59 Å². The lowest BCUT2D eigenvalue weighted by Crippen LogP contribution is -2.23. The van der Waals surface area contributed by atoms with Crippen LogP contribution in [0.4, 0.5) is 0 Å². The first-order chi connectivity index (χ1) is 12.4. The zero-order valence-corrected chi connectivity index (χ0v) is 14.9. The molecule has 0 amide bonds. The molecule has 0 fully saturated rings. The lowest BCUT2D eigenvalue weighted by molar-refractivity contribution is 0.0972. The lowest BCUT2D eigenvalue weighted by Gasteiger charge is -2.23. The van der Waals surface area contributed by atoms with Crippen LogP contribution in [0.3, 0.4) is 0 Å². The minimum atomic E-state index is -0.243. The molecule has 0 saturated carbocycles. The molecule has 1 aliphatic rings. The van der Waals surface area contributed by atoms with E-state index in [1.807, 2.05) is 13.8 Å². The highest BCUT2D eigenvalue weighted by atomic mass is 16.5. The second kappa shape index (κ2) is 7.00. The van der Waals surface area contributed by atoms with Gasteiger partial charge in [-0.3, -0.25) is 9.59 Å². The maximum Gasteiger partial charge on any atom is 0.198 e. The molecular formula is C22H20O4. The molecule has 0 heterocycles. The molecule has 0 radical (unpaired) electrons. The van der Waals surface area contributed by atoms with Crippen LogP contribution in [0.25, 0.3) is 0 Å². The Morgan fingerprint density at radius 2 is 1.15 bits per heavy atom. The molecule has 4 heteroatoms. The molecule has 2 aromatic rings. The fourth-order valence-electron chi connectivity index (χ4n) is 2.81. The summed E-state index contributed by atoms with van der Waals surface area (Å²) in [5.41, 5.74) is 2.88. The van der Waals surface area contributed by atoms with Crippen molar-refractivity contribution >= 4 is 11.6 Å². The van der Waals surface area contributed by atoms with Gasteiger partial charge >= 0.3 is 0 Å². The Hall–Kier alpha value is -3.14. The number of carbonyl (C=O) groups excluding carboxylic acids is 2. The number of hydrogen-bond donors (Lipinski definition) is 0. The fourth-order valence-corrected chi connectivity index (χ4v) is 2.81. The van der Waals surface area contributed by atoms with Crippen LogP contribution >= 0.6 is 0 Å². The van der Waals surface area contributed by atoms with E-state index in [-0.39, 0.29) is 35.9 Å². The highest BCUT2D eigenvalue weighted by molar-refractivity contribution is 6.30. The summed E-state index contributed by atoms with van der Waals surface area (Å²) in [6.45, 7) is 11.8. The summed E-state index contributed by atoms with van der Waals surface area (Å²) in [5.74, 6) is 0.234. The third-order valence-corrected chi connectivity index (χ3v) is 3.95. The van der Waals surface area contributed by atoms with Gasteiger partial charge in [-0.15, -0.1) is 0 Å². The number of fused-ring (bicyclic) bond motifs is 2. The van der Waals surface area contributed by atoms with Gasteiger partial charge in [-0.2, -0.15) is 0 Å². The van der Waals surface area contributed by atoms with Crippen LogP contribution in [0.1, 0.15) is 45.7 Å². The summed E-state index contributed by atoms with van der Waals surface area (Å²) in [4.78, 5) is 26.2. The number of rotatable bonds is 6. The van der Waals surface area contributed by atoms with E-state index in [2.05, 4.69) is 13.2 Å². The molecule has 0 N–H and O–H groups in total. The van der Waals surface area contributed by atoms with Gasteiger partial charge in [0.15, 0.2) is 11.6 Å². The first-order valence-corrected chi connectivity index (χ1v) is 8.30. The van der Waals surface area contributed by atoms with Crippen LogP contribution in [0.5, 0.6) is 11.5 Å². The Labute approximate surface area is 152 Å². The maximum atomic E-state index is 13.1. The summed E-state index contributed by atoms with van der Waals surface area (Å²) in [5, 5.41) is 0. The van der Waals surface area contributed by atoms with Gasteiger partial charge in [0, 0.05) is 11.1 Å². The van der Waals surface area contributed by atoms with E-state index in [0.717, 1.165) is 11.1 Å². The Kier molecular flexibility index (Phi) is 4.76. The molecule has 4 nitrogen and oxygen atoms in total. The van der Waals surface area contributed by atoms with Crippen molar-refractivity contribution in [2.24, 2.45) is 0 Å². The van der Waals surface area contributed by atoms with E-state index in [1.54, 1.807) is 36.4 Å². The van der Waals surface area contributed by atoms with E-state index in [1.165, 1.54) is 0 Å². The van der Waals surface area contributed by atoms with Gasteiger partial charge in [-0.05, 0) is 37.1 Å². The molecule has 0 spiro atoms. The predicted octanol–water partition coefficient (Wildman–Crippen LogP) is 4.37. The van der Waals surface area contributed by atoms with Crippen LogP contribution in [0.15, 0.2) is 60.7 Å². The lowest BCUT2D eigenvalue weighted by atomic mass is 9.83. The number of hydrogen-bond acceptors (Lipinski definition) is 4. The van der Waals surface area contributed by atoms with Crippen molar-refractivity contribution in [2.45, 2.75) is 13.8 Å². The first kappa shape index (κ1) is 17.7. The van der Waals surface area contributed by atoms with Crippen molar-refractivity contribution in [1.29, 1.82) is 0 Å². The molecule has 0 unspecified atom stereocenters. The second-order valence-corrected chi connectivity index (χ2v) is 6.51. The van der Waals surface area contributed by atoms with Crippen LogP contribution in [-0.2, 0) is 0 Å². The average Bonchev–Trinajstić information content (AvgIpc) is 2.62. The third-order valence-electron chi connectivity index (χ3n) is 3.95. The Morgan fingerprint density at radius 1 is 0.769 bits per heavy atom. The van der Waals surface area contributed by atoms with Gasteiger partial charge in [0.2, 0.25) is 0 Å². The molecule has 26 heavy (non-hydrogen) atoms. The topological polar surface area (TPSA) is 52.6 Å². The quantitative estimate of drug-likeness (QED) is 0.621. The zero-order chi connectivity index (χ0) is 18.8. The molecule has 0 aromatic heterocycles. The first-order valence-electron chi connectivity index (χ1n) is 8.30. The summed E-state index contributed by atoms with van der Waals surface area (Å²) >= 11 is 0. The van der Waals surface area contributed by atoms with Gasteiger partial charge in [-0.1, -0.05) is 37.4 Å². The predicted molar refractivity (Wildman–Crippen MR) is 100 cm³/mol. The second-order valence-electron chi connectivity index (χ2n) is 6.51. The number of ether oxygens (including phenoxy) is 2. The molecule has 132 valence electrons. The molecule has 0 bridgehead atoms. The summed E-state index contributed by atoms with van der Waals surface area (Å²) < 4.78 is 11.5. The normalized spacial score (nSPS) is 12.2. The van der Waals surface area contributed by atoms with E-state index < -0.39 is 0 Å². The average molecular weight is 348 g/mol. The minimum absolute atomic E-state index is 0.243. The van der Waals surface area contributed by atoms with Crippen molar-refractivity contribution in [1.82, 2.24) is 0 Å². The monoisotopic (exact) mass is 348 g/mol. The smallest absolute Gasteiger partial charge is 0.198 e. The molecule has 0 aliphatic heterocycles. The van der Waals surface area contributed by atoms with Gasteiger partial charge in [0.25, 0.3) is 0 Å². The van der Waals surface area contributed by atoms with Crippen molar-refractivity contribution < 1.29 is 19.1 Å². The van der Waals surface area contributed by atoms with E-state index >= 15 is 0 Å². The van der Waals surface area contributed by atoms with Crippen molar-refractivity contribution in [3.8, 4) is 11.5 Å². The highest BCUT2D eigenvalue weighted by Crippen LogP contribution is 2.38. The van der Waals surface area contributed by atoms with Gasteiger partial charge in [-0.25, -0.2) is 0 Å². The van der Waals surface area contributed by atoms with Crippen LogP contribution < -0.4 is 9.47 Å². The van der Waals surface area contributed by atoms with Gasteiger partial charge in [0.05, 0.1) is 11.1 Å². The molecule has 2 aromatic carbocycles. The summed E-state index contributed by atoms with van der Waals surface area (Å²) in [6, 6.07) is 10.1. The Bertz CT molecular complexity index is 861. The van der Waals surface area contributed by atoms with Crippen molar-refractivity contribution in [3.63, 3.8) is 0 Å². The molecule has 0 saturated heterocycles. The van der Waals surface area contributed by atoms with Gasteiger partial charge in [0.1, 0.15) is 24.7 Å². The Morgan fingerprint density at radius 3 is 1.50 bits per heavy atom.